The Morgan fingerprint density at radius 1 is 1.10 bits per heavy atom. The Morgan fingerprint density at radius 3 is 2.55 bits per heavy atom. The number of rotatable bonds is 8. The number of nitrogens with zero attached hydrogens (tertiary/aromatic N) is 1. The predicted molar refractivity (Wildman–Crippen MR) is 113 cm³/mol. The zero-order valence-electron chi connectivity index (χ0n) is 16.9. The molecule has 0 saturated heterocycles. The average Bonchev–Trinajstić information content (AvgIpc) is 3.37. The van der Waals surface area contributed by atoms with Crippen LogP contribution in [0.5, 0.6) is 5.75 Å². The molecule has 4 aromatic rings. The van der Waals surface area contributed by atoms with Crippen molar-refractivity contribution < 1.29 is 56.8 Å². The van der Waals surface area contributed by atoms with E-state index in [1.54, 1.807) is 6.20 Å². The van der Waals surface area contributed by atoms with Crippen molar-refractivity contribution in [2.45, 2.75) is 19.8 Å². The number of hydrogen-bond acceptors (Lipinski definition) is 4. The third kappa shape index (κ3) is 5.79. The fourth-order valence-corrected chi connectivity index (χ4v) is 3.29. The van der Waals surface area contributed by atoms with Crippen LogP contribution in [0.15, 0.2) is 71.4 Å². The molecule has 0 aliphatic carbocycles. The van der Waals surface area contributed by atoms with Gasteiger partial charge in [0.25, 0.3) is 0 Å². The molecule has 7 heteroatoms. The molecule has 2 heterocycles. The van der Waals surface area contributed by atoms with E-state index in [1.807, 2.05) is 61.5 Å². The van der Waals surface area contributed by atoms with E-state index in [1.165, 1.54) is 6.20 Å². The molecule has 0 amide bonds. The Morgan fingerprint density at radius 2 is 1.84 bits per heavy atom. The third-order valence-electron chi connectivity index (χ3n) is 4.90. The molecule has 2 N–H and O–H groups in total. The second-order valence-corrected chi connectivity index (χ2v) is 7.01. The quantitative estimate of drug-likeness (QED) is 0.406. The number of hydrogen-bond donors (Lipinski definition) is 2. The smallest absolute Gasteiger partial charge is 0.337 e. The number of aromatic nitrogens is 2. The van der Waals surface area contributed by atoms with Crippen molar-refractivity contribution >= 4 is 5.97 Å². The van der Waals surface area contributed by atoms with Crippen LogP contribution in [-0.2, 0) is 12.8 Å². The number of carbonyl (C=O) groups is 1. The molecular weight excluding hydrogens is 420 g/mol. The minimum absolute atomic E-state index is 0. The van der Waals surface area contributed by atoms with E-state index in [2.05, 4.69) is 9.97 Å². The van der Waals surface area contributed by atoms with E-state index in [9.17, 15) is 9.90 Å². The van der Waals surface area contributed by atoms with Crippen LogP contribution in [0.1, 0.15) is 32.9 Å². The normalized spacial score (nSPS) is 10.5. The standard InChI is InChI=1S/C24H22N2O4.Ar/c1-16-22(26-23(30-16)18-5-3-2-4-6-18)11-12-29-20-9-7-17(8-10-20)13-19-14-25-15-21(19)24(27)28;/h2-10,14-15,25H,11-13H2,1H3,(H,27,28);. The Kier molecular flexibility index (Phi) is 7.96. The molecule has 0 atom stereocenters. The van der Waals surface area contributed by atoms with Gasteiger partial charge in [0.2, 0.25) is 5.89 Å². The zero-order chi connectivity index (χ0) is 20.9. The van der Waals surface area contributed by atoms with Gasteiger partial charge in [0.05, 0.1) is 17.9 Å². The fourth-order valence-electron chi connectivity index (χ4n) is 3.29. The number of aromatic amines is 1. The van der Waals surface area contributed by atoms with Crippen LogP contribution < -0.4 is 4.74 Å². The van der Waals surface area contributed by atoms with Gasteiger partial charge in [0.15, 0.2) is 0 Å². The zero-order valence-corrected chi connectivity index (χ0v) is 17.7. The Bertz CT molecular complexity index is 1130. The summed E-state index contributed by atoms with van der Waals surface area (Å²) >= 11 is 0. The van der Waals surface area contributed by atoms with Gasteiger partial charge in [-0.25, -0.2) is 9.78 Å². The van der Waals surface area contributed by atoms with Crippen molar-refractivity contribution in [3.63, 3.8) is 0 Å². The number of oxazole rings is 1. The maximum atomic E-state index is 11.2. The topological polar surface area (TPSA) is 88.4 Å². The van der Waals surface area contributed by atoms with Crippen LogP contribution >= 0.6 is 0 Å². The molecule has 31 heavy (non-hydrogen) atoms. The number of H-pyrrole nitrogens is 1. The Hall–Kier alpha value is -2.54. The predicted octanol–water partition coefficient (Wildman–Crippen LogP) is 4.89. The van der Waals surface area contributed by atoms with Crippen LogP contribution in [0.3, 0.4) is 0 Å². The molecule has 0 saturated carbocycles. The molecule has 2 aromatic heterocycles. The maximum absolute atomic E-state index is 11.2. The van der Waals surface area contributed by atoms with Crippen LogP contribution in [0.2, 0.25) is 0 Å². The molecule has 0 radical (unpaired) electrons. The second-order valence-electron chi connectivity index (χ2n) is 7.01. The number of nitrogens with one attached hydrogen (secondary N) is 1. The average molecular weight is 442 g/mol. The van der Waals surface area contributed by atoms with Crippen LogP contribution in [0.4, 0.5) is 0 Å². The van der Waals surface area contributed by atoms with E-state index < -0.39 is 5.97 Å². The Labute approximate surface area is 210 Å². The number of carboxylic acid groups (broad SMARTS) is 1. The molecule has 0 unspecified atom stereocenters. The van der Waals surface area contributed by atoms with Gasteiger partial charge in [-0.2, -0.15) is 0 Å². The van der Waals surface area contributed by atoms with Crippen molar-refractivity contribution in [1.82, 2.24) is 9.97 Å². The summed E-state index contributed by atoms with van der Waals surface area (Å²) in [6.07, 6.45) is 4.42. The first-order valence-corrected chi connectivity index (χ1v) is 9.72. The van der Waals surface area contributed by atoms with E-state index >= 15 is 0 Å². The van der Waals surface area contributed by atoms with E-state index in [4.69, 9.17) is 9.15 Å². The molecule has 6 nitrogen and oxygen atoms in total. The summed E-state index contributed by atoms with van der Waals surface area (Å²) in [6.45, 7) is 2.40. The molecule has 0 spiro atoms. The SMILES string of the molecule is Cc1oc(-c2ccccc2)nc1CCOc1ccc(Cc2c[nH]cc2C(=O)O)cc1.[Ar]. The van der Waals surface area contributed by atoms with E-state index in [0.29, 0.717) is 30.9 Å². The first kappa shape index (κ1) is 23.1. The number of ether oxygens (including phenoxy) is 1. The van der Waals surface area contributed by atoms with Gasteiger partial charge in [-0.3, -0.25) is 0 Å². The van der Waals surface area contributed by atoms with Gasteiger partial charge in [0.1, 0.15) is 11.5 Å². The van der Waals surface area contributed by atoms with Crippen molar-refractivity contribution in [3.05, 3.63) is 95.1 Å². The summed E-state index contributed by atoms with van der Waals surface area (Å²) in [7, 11) is 0. The van der Waals surface area contributed by atoms with Gasteiger partial charge in [-0.1, -0.05) is 30.3 Å². The summed E-state index contributed by atoms with van der Waals surface area (Å²) in [5.41, 5.74) is 3.92. The number of carboxylic acids is 1. The molecule has 4 rings (SSSR count). The summed E-state index contributed by atoms with van der Waals surface area (Å²) in [6, 6.07) is 17.5. The van der Waals surface area contributed by atoms with E-state index in [-0.39, 0.29) is 37.7 Å². The number of aryl methyl sites for hydroxylation is 1. The largest absolute Gasteiger partial charge is 0.493 e. The maximum Gasteiger partial charge on any atom is 0.337 e. The molecule has 0 bridgehead atoms. The Balaban J connectivity index is 0.00000272. The summed E-state index contributed by atoms with van der Waals surface area (Å²) in [4.78, 5) is 18.7. The van der Waals surface area contributed by atoms with Gasteiger partial charge < -0.3 is 19.2 Å². The molecule has 160 valence electrons. The number of benzene rings is 2. The van der Waals surface area contributed by atoms with Crippen LogP contribution in [0.25, 0.3) is 11.5 Å². The van der Waals surface area contributed by atoms with Crippen LogP contribution in [-0.4, -0.2) is 27.7 Å². The summed E-state index contributed by atoms with van der Waals surface area (Å²) < 4.78 is 11.6. The van der Waals surface area contributed by atoms with Gasteiger partial charge in [0, 0.05) is 62.1 Å². The molecule has 0 aliphatic rings. The van der Waals surface area contributed by atoms with Crippen molar-refractivity contribution in [2.75, 3.05) is 6.61 Å². The first-order chi connectivity index (χ1) is 14.6. The molecule has 2 aromatic carbocycles. The second kappa shape index (κ2) is 10.7. The van der Waals surface area contributed by atoms with Gasteiger partial charge in [-0.05, 0) is 48.7 Å². The number of aromatic carboxylic acids is 1. The third-order valence-corrected chi connectivity index (χ3v) is 4.90. The van der Waals surface area contributed by atoms with Gasteiger partial charge in [-0.15, -0.1) is 0 Å². The monoisotopic (exact) mass is 442 g/mol. The van der Waals surface area contributed by atoms with Gasteiger partial charge >= 0.3 is 5.97 Å². The molecule has 0 aliphatic heterocycles. The van der Waals surface area contributed by atoms with Crippen LogP contribution in [0, 0.1) is 44.7 Å². The first-order valence-electron chi connectivity index (χ1n) is 9.72. The van der Waals surface area contributed by atoms with Crippen molar-refractivity contribution in [2.24, 2.45) is 0 Å². The van der Waals surface area contributed by atoms with Crippen molar-refractivity contribution in [3.8, 4) is 17.2 Å². The minimum Gasteiger partial charge on any atom is -0.493 e. The molecular formula is C24H22ArN2O4. The summed E-state index contributed by atoms with van der Waals surface area (Å²) in [5, 5.41) is 9.20. The minimum atomic E-state index is -0.926. The molecule has 0 fully saturated rings. The summed E-state index contributed by atoms with van der Waals surface area (Å²) in [5.74, 6) is 1.26. The van der Waals surface area contributed by atoms with Crippen molar-refractivity contribution in [1.29, 1.82) is 0 Å². The van der Waals surface area contributed by atoms with E-state index in [0.717, 1.165) is 33.9 Å². The fraction of sp³-hybridized carbons (Fsp3) is 0.167.